The molecule has 3 nitrogen and oxygen atoms in total. The second-order valence-corrected chi connectivity index (χ2v) is 4.12. The van der Waals surface area contributed by atoms with Crippen LogP contribution in [0.1, 0.15) is 11.1 Å². The molecule has 0 fully saturated rings. The zero-order valence-corrected chi connectivity index (χ0v) is 10.9. The van der Waals surface area contributed by atoms with E-state index in [2.05, 4.69) is 0 Å². The van der Waals surface area contributed by atoms with Crippen molar-refractivity contribution >= 4 is 0 Å². The summed E-state index contributed by atoms with van der Waals surface area (Å²) < 4.78 is 37.4. The van der Waals surface area contributed by atoms with E-state index in [1.165, 1.54) is 25.3 Å². The summed E-state index contributed by atoms with van der Waals surface area (Å²) in [6, 6.07) is 8.48. The molecule has 0 heterocycles. The highest BCUT2D eigenvalue weighted by Gasteiger charge is 2.11. The van der Waals surface area contributed by atoms with Crippen LogP contribution in [0.4, 0.5) is 8.78 Å². The summed E-state index contributed by atoms with van der Waals surface area (Å²) in [6.45, 7) is -0.502. The fourth-order valence-electron chi connectivity index (χ4n) is 1.75. The normalized spacial score (nSPS) is 10.4. The smallest absolute Gasteiger partial charge is 0.132 e. The molecular weight excluding hydrogens is 266 g/mol. The lowest BCUT2D eigenvalue weighted by Crippen LogP contribution is -2.03. The lowest BCUT2D eigenvalue weighted by Gasteiger charge is -2.12. The molecule has 2 aromatic carbocycles. The van der Waals surface area contributed by atoms with Crippen molar-refractivity contribution in [3.63, 3.8) is 0 Å². The molecule has 20 heavy (non-hydrogen) atoms. The molecule has 0 spiro atoms. The predicted molar refractivity (Wildman–Crippen MR) is 69.6 cm³/mol. The molecule has 1 N–H and O–H groups in total. The van der Waals surface area contributed by atoms with Gasteiger partial charge in [0, 0.05) is 11.6 Å². The lowest BCUT2D eigenvalue weighted by molar-refractivity contribution is 0.254. The average Bonchev–Trinajstić information content (AvgIpc) is 2.46. The summed E-state index contributed by atoms with van der Waals surface area (Å²) >= 11 is 0. The first-order valence-electron chi connectivity index (χ1n) is 5.99. The lowest BCUT2D eigenvalue weighted by atomic mass is 10.2. The monoisotopic (exact) mass is 280 g/mol. The molecule has 0 saturated heterocycles. The maximum atomic E-state index is 13.5. The van der Waals surface area contributed by atoms with Crippen molar-refractivity contribution in [1.82, 2.24) is 0 Å². The molecule has 0 aliphatic heterocycles. The van der Waals surface area contributed by atoms with Gasteiger partial charge in [0.05, 0.1) is 19.3 Å². The van der Waals surface area contributed by atoms with Gasteiger partial charge < -0.3 is 14.6 Å². The highest BCUT2D eigenvalue weighted by molar-refractivity contribution is 5.40. The van der Waals surface area contributed by atoms with Crippen LogP contribution in [0.2, 0.25) is 0 Å². The Balaban J connectivity index is 2.22. The van der Waals surface area contributed by atoms with Crippen LogP contribution in [-0.2, 0) is 13.2 Å². The topological polar surface area (TPSA) is 38.7 Å². The van der Waals surface area contributed by atoms with Gasteiger partial charge in [0.2, 0.25) is 0 Å². The number of benzene rings is 2. The van der Waals surface area contributed by atoms with Crippen molar-refractivity contribution in [2.75, 3.05) is 7.11 Å². The van der Waals surface area contributed by atoms with Crippen LogP contribution in [0, 0.1) is 11.6 Å². The van der Waals surface area contributed by atoms with E-state index in [0.717, 1.165) is 0 Å². The van der Waals surface area contributed by atoms with Crippen molar-refractivity contribution in [3.8, 4) is 11.5 Å². The minimum Gasteiger partial charge on any atom is -0.497 e. The Bertz CT molecular complexity index is 579. The molecular formula is C15H14F2O3. The van der Waals surface area contributed by atoms with Crippen LogP contribution in [0.15, 0.2) is 36.4 Å². The molecule has 0 bridgehead atoms. The number of rotatable bonds is 5. The Kier molecular flexibility index (Phi) is 4.53. The molecule has 0 unspecified atom stereocenters. The zero-order valence-electron chi connectivity index (χ0n) is 10.9. The molecule has 0 aliphatic carbocycles. The standard InChI is InChI=1S/C15H14F2O3/c1-19-11-6-5-10(8-18)15(7-11)20-9-12-13(16)3-2-4-14(12)17/h2-7,18H,8-9H2,1H3. The molecule has 2 rings (SSSR count). The molecule has 0 radical (unpaired) electrons. The van der Waals surface area contributed by atoms with Crippen molar-refractivity contribution in [1.29, 1.82) is 0 Å². The van der Waals surface area contributed by atoms with Gasteiger partial charge in [-0.3, -0.25) is 0 Å². The zero-order chi connectivity index (χ0) is 14.5. The van der Waals surface area contributed by atoms with E-state index < -0.39 is 11.6 Å². The summed E-state index contributed by atoms with van der Waals surface area (Å²) in [5.74, 6) is -0.474. The van der Waals surface area contributed by atoms with Crippen LogP contribution < -0.4 is 9.47 Å². The van der Waals surface area contributed by atoms with Crippen LogP contribution in [0.25, 0.3) is 0 Å². The van der Waals surface area contributed by atoms with Gasteiger partial charge >= 0.3 is 0 Å². The Morgan fingerprint density at radius 1 is 1.10 bits per heavy atom. The minimum absolute atomic E-state index is 0.154. The number of hydrogen-bond acceptors (Lipinski definition) is 3. The van der Waals surface area contributed by atoms with Gasteiger partial charge in [-0.15, -0.1) is 0 Å². The van der Waals surface area contributed by atoms with Crippen molar-refractivity contribution in [2.24, 2.45) is 0 Å². The molecule has 0 aromatic heterocycles. The third-order valence-electron chi connectivity index (χ3n) is 2.88. The Morgan fingerprint density at radius 3 is 2.40 bits per heavy atom. The predicted octanol–water partition coefficient (Wildman–Crippen LogP) is 3.04. The van der Waals surface area contributed by atoms with Gasteiger partial charge in [0.1, 0.15) is 29.7 Å². The summed E-state index contributed by atoms with van der Waals surface area (Å²) in [4.78, 5) is 0. The second-order valence-electron chi connectivity index (χ2n) is 4.12. The van der Waals surface area contributed by atoms with E-state index >= 15 is 0 Å². The SMILES string of the molecule is COc1ccc(CO)c(OCc2c(F)cccc2F)c1. The van der Waals surface area contributed by atoms with Crippen LogP contribution in [0.5, 0.6) is 11.5 Å². The summed E-state index contributed by atoms with van der Waals surface area (Å²) in [5, 5.41) is 9.22. The Hall–Kier alpha value is -2.14. The summed E-state index contributed by atoms with van der Waals surface area (Å²) in [6.07, 6.45) is 0. The Labute approximate surface area is 115 Å². The van der Waals surface area contributed by atoms with Gasteiger partial charge in [0.25, 0.3) is 0 Å². The van der Waals surface area contributed by atoms with Crippen molar-refractivity contribution in [2.45, 2.75) is 13.2 Å². The number of hydrogen-bond donors (Lipinski definition) is 1. The highest BCUT2D eigenvalue weighted by atomic mass is 19.1. The molecule has 5 heteroatoms. The molecule has 0 aliphatic rings. The first-order valence-corrected chi connectivity index (χ1v) is 5.99. The first-order chi connectivity index (χ1) is 9.65. The average molecular weight is 280 g/mol. The Morgan fingerprint density at radius 2 is 1.80 bits per heavy atom. The number of methoxy groups -OCH3 is 1. The molecule has 0 amide bonds. The van der Waals surface area contributed by atoms with Crippen LogP contribution in [0.3, 0.4) is 0 Å². The number of aliphatic hydroxyl groups excluding tert-OH is 1. The van der Waals surface area contributed by atoms with Gasteiger partial charge in [-0.05, 0) is 24.3 Å². The third kappa shape index (κ3) is 3.05. The van der Waals surface area contributed by atoms with Gasteiger partial charge in [-0.25, -0.2) is 8.78 Å². The van der Waals surface area contributed by atoms with Gasteiger partial charge in [-0.2, -0.15) is 0 Å². The molecule has 0 saturated carbocycles. The van der Waals surface area contributed by atoms with E-state index in [1.807, 2.05) is 0 Å². The summed E-state index contributed by atoms with van der Waals surface area (Å²) in [5.41, 5.74) is 0.363. The minimum atomic E-state index is -0.668. The second kappa shape index (κ2) is 6.34. The molecule has 0 atom stereocenters. The quantitative estimate of drug-likeness (QED) is 0.915. The summed E-state index contributed by atoms with van der Waals surface area (Å²) in [7, 11) is 1.49. The van der Waals surface area contributed by atoms with Gasteiger partial charge in [0.15, 0.2) is 0 Å². The van der Waals surface area contributed by atoms with E-state index in [4.69, 9.17) is 9.47 Å². The van der Waals surface area contributed by atoms with Crippen molar-refractivity contribution < 1.29 is 23.4 Å². The third-order valence-corrected chi connectivity index (χ3v) is 2.88. The van der Waals surface area contributed by atoms with Crippen LogP contribution >= 0.6 is 0 Å². The highest BCUT2D eigenvalue weighted by Crippen LogP contribution is 2.26. The first kappa shape index (κ1) is 14.3. The number of ether oxygens (including phenoxy) is 2. The van der Waals surface area contributed by atoms with Crippen molar-refractivity contribution in [3.05, 3.63) is 59.2 Å². The van der Waals surface area contributed by atoms with E-state index in [1.54, 1.807) is 18.2 Å². The van der Waals surface area contributed by atoms with Gasteiger partial charge in [-0.1, -0.05) is 6.07 Å². The fourth-order valence-corrected chi connectivity index (χ4v) is 1.75. The van der Waals surface area contributed by atoms with E-state index in [9.17, 15) is 13.9 Å². The van der Waals surface area contributed by atoms with E-state index in [0.29, 0.717) is 17.1 Å². The van der Waals surface area contributed by atoms with E-state index in [-0.39, 0.29) is 18.8 Å². The number of halogens is 2. The largest absolute Gasteiger partial charge is 0.497 e. The van der Waals surface area contributed by atoms with Crippen LogP contribution in [-0.4, -0.2) is 12.2 Å². The maximum absolute atomic E-state index is 13.5. The molecule has 106 valence electrons. The number of aliphatic hydroxyl groups is 1. The maximum Gasteiger partial charge on any atom is 0.132 e. The fraction of sp³-hybridized carbons (Fsp3) is 0.200. The molecule has 2 aromatic rings.